The van der Waals surface area contributed by atoms with E-state index in [0.717, 1.165) is 0 Å². The molecule has 0 atom stereocenters. The molecule has 0 radical (unpaired) electrons. The number of carbonyl (C=O) groups is 1. The summed E-state index contributed by atoms with van der Waals surface area (Å²) in [7, 11) is 1.56. The Bertz CT molecular complexity index is 1220. The van der Waals surface area contributed by atoms with Crippen LogP contribution in [-0.2, 0) is 9.57 Å². The Morgan fingerprint density at radius 1 is 1.08 bits per heavy atom. The van der Waals surface area contributed by atoms with Crippen molar-refractivity contribution in [3.8, 4) is 34.5 Å². The van der Waals surface area contributed by atoms with E-state index in [1.165, 1.54) is 18.5 Å². The van der Waals surface area contributed by atoms with Crippen molar-refractivity contribution in [2.75, 3.05) is 20.2 Å². The van der Waals surface area contributed by atoms with Gasteiger partial charge >= 0.3 is 6.16 Å². The molecular weight excluding hydrogens is 483 g/mol. The van der Waals surface area contributed by atoms with Gasteiger partial charge in [-0.25, -0.2) is 19.2 Å². The first kappa shape index (κ1) is 26.1. The van der Waals surface area contributed by atoms with E-state index in [0.29, 0.717) is 54.4 Å². The lowest BCUT2D eigenvalue weighted by Gasteiger charge is -2.30. The van der Waals surface area contributed by atoms with Crippen LogP contribution in [0.15, 0.2) is 42.9 Å². The Morgan fingerprint density at radius 2 is 1.84 bits per heavy atom. The van der Waals surface area contributed by atoms with Gasteiger partial charge in [-0.1, -0.05) is 0 Å². The van der Waals surface area contributed by atoms with Crippen molar-refractivity contribution >= 4 is 6.16 Å². The van der Waals surface area contributed by atoms with Crippen LogP contribution in [0.2, 0.25) is 0 Å². The molecule has 4 rings (SSSR count). The van der Waals surface area contributed by atoms with Gasteiger partial charge in [0, 0.05) is 31.5 Å². The molecule has 196 valence electrons. The monoisotopic (exact) mass is 512 g/mol. The minimum Gasteiger partial charge on any atom is -0.495 e. The number of ether oxygens (including phenoxy) is 4. The minimum absolute atomic E-state index is 0.0174. The number of hydroxylamine groups is 2. The third kappa shape index (κ3) is 6.82. The summed E-state index contributed by atoms with van der Waals surface area (Å²) in [6.07, 6.45) is 3.00. The number of hydrogen-bond donors (Lipinski definition) is 0. The summed E-state index contributed by atoms with van der Waals surface area (Å²) >= 11 is 0. The van der Waals surface area contributed by atoms with E-state index < -0.39 is 12.0 Å². The molecule has 11 heteroatoms. The van der Waals surface area contributed by atoms with Crippen molar-refractivity contribution in [3.63, 3.8) is 0 Å². The molecule has 1 aliphatic heterocycles. The highest BCUT2D eigenvalue weighted by Crippen LogP contribution is 2.32. The summed E-state index contributed by atoms with van der Waals surface area (Å²) in [6.45, 7) is 6.25. The summed E-state index contributed by atoms with van der Waals surface area (Å²) in [5.41, 5.74) is 1.75. The van der Waals surface area contributed by atoms with Gasteiger partial charge in [0.25, 0.3) is 0 Å². The van der Waals surface area contributed by atoms with Crippen LogP contribution in [0.25, 0.3) is 11.3 Å². The molecule has 37 heavy (non-hydrogen) atoms. The average Bonchev–Trinajstić information content (AvgIpc) is 2.88. The molecule has 0 amide bonds. The normalized spacial score (nSPS) is 14.3. The van der Waals surface area contributed by atoms with Gasteiger partial charge in [-0.15, -0.1) is 5.06 Å². The lowest BCUT2D eigenvalue weighted by molar-refractivity contribution is -0.151. The Morgan fingerprint density at radius 3 is 2.49 bits per heavy atom. The molecule has 2 aromatic heterocycles. The summed E-state index contributed by atoms with van der Waals surface area (Å²) in [5.74, 6) is 0.619. The highest BCUT2D eigenvalue weighted by molar-refractivity contribution is 5.61. The number of aromatic nitrogens is 3. The van der Waals surface area contributed by atoms with Crippen molar-refractivity contribution in [1.29, 1.82) is 0 Å². The lowest BCUT2D eigenvalue weighted by atomic mass is 10.1. The zero-order valence-electron chi connectivity index (χ0n) is 21.1. The molecule has 0 bridgehead atoms. The van der Waals surface area contributed by atoms with E-state index >= 15 is 0 Å². The number of benzene rings is 1. The van der Waals surface area contributed by atoms with Crippen LogP contribution in [0.4, 0.5) is 9.18 Å². The second kappa shape index (κ2) is 11.8. The number of rotatable bonds is 8. The van der Waals surface area contributed by atoms with Crippen LogP contribution in [0.5, 0.6) is 23.3 Å². The average molecular weight is 513 g/mol. The van der Waals surface area contributed by atoms with Gasteiger partial charge in [0.1, 0.15) is 18.2 Å². The van der Waals surface area contributed by atoms with Gasteiger partial charge in [-0.05, 0) is 51.1 Å². The van der Waals surface area contributed by atoms with Crippen LogP contribution in [0.1, 0.15) is 32.3 Å². The number of methoxy groups -OCH3 is 1. The zero-order valence-corrected chi connectivity index (χ0v) is 21.1. The van der Waals surface area contributed by atoms with Gasteiger partial charge in [0.05, 0.1) is 30.7 Å². The molecule has 3 heterocycles. The third-order valence-electron chi connectivity index (χ3n) is 5.61. The number of hydrogen-bond acceptors (Lipinski definition) is 10. The summed E-state index contributed by atoms with van der Waals surface area (Å²) in [4.78, 5) is 29.5. The summed E-state index contributed by atoms with van der Waals surface area (Å²) < 4.78 is 36.8. The van der Waals surface area contributed by atoms with Gasteiger partial charge in [-0.3, -0.25) is 4.98 Å². The number of pyridine rings is 1. The lowest BCUT2D eigenvalue weighted by Crippen LogP contribution is -2.40. The predicted molar refractivity (Wildman–Crippen MR) is 131 cm³/mol. The Hall–Kier alpha value is -3.99. The molecule has 1 saturated heterocycles. The molecule has 10 nitrogen and oxygen atoms in total. The first-order chi connectivity index (χ1) is 17.8. The van der Waals surface area contributed by atoms with Gasteiger partial charge in [0.15, 0.2) is 11.6 Å². The van der Waals surface area contributed by atoms with Gasteiger partial charge in [0.2, 0.25) is 11.8 Å². The van der Waals surface area contributed by atoms with E-state index in [4.69, 9.17) is 23.8 Å². The molecule has 0 spiro atoms. The first-order valence-corrected chi connectivity index (χ1v) is 11.9. The summed E-state index contributed by atoms with van der Waals surface area (Å²) in [6, 6.07) is 8.10. The number of nitrogens with zero attached hydrogens (tertiary/aromatic N) is 4. The second-order valence-electron chi connectivity index (χ2n) is 8.69. The van der Waals surface area contributed by atoms with Crippen LogP contribution in [-0.4, -0.2) is 58.6 Å². The quantitative estimate of drug-likeness (QED) is 0.378. The first-order valence-electron chi connectivity index (χ1n) is 11.9. The van der Waals surface area contributed by atoms with E-state index in [-0.39, 0.29) is 23.8 Å². The zero-order chi connectivity index (χ0) is 26.4. The standard InChI is InChI=1S/C26H29FN4O6/c1-16(2)34-26(32)37-31-11-9-19(10-12-31)35-24-17(3)25(30-15-29-24)36-23-8-5-18(13-21(23)27)22-7-6-20(33-4)14-28-22/h5-8,13-16,19H,9-12H2,1-4H3. The van der Waals surface area contributed by atoms with E-state index in [1.807, 2.05) is 0 Å². The summed E-state index contributed by atoms with van der Waals surface area (Å²) in [5, 5.41) is 1.56. The molecule has 1 aromatic carbocycles. The number of piperidine rings is 1. The Kier molecular flexibility index (Phi) is 8.34. The predicted octanol–water partition coefficient (Wildman–Crippen LogP) is 5.11. The van der Waals surface area contributed by atoms with Crippen molar-refractivity contribution < 1.29 is 33.0 Å². The highest BCUT2D eigenvalue weighted by atomic mass is 19.1. The molecular formula is C26H29FN4O6. The Labute approximate surface area is 214 Å². The van der Waals surface area contributed by atoms with E-state index in [2.05, 4.69) is 15.0 Å². The molecule has 0 N–H and O–H groups in total. The Balaban J connectivity index is 1.37. The largest absolute Gasteiger partial charge is 0.528 e. The third-order valence-corrected chi connectivity index (χ3v) is 5.61. The fourth-order valence-corrected chi connectivity index (χ4v) is 3.68. The molecule has 0 unspecified atom stereocenters. The van der Waals surface area contributed by atoms with E-state index in [1.54, 1.807) is 57.3 Å². The van der Waals surface area contributed by atoms with Gasteiger partial charge < -0.3 is 23.8 Å². The fourth-order valence-electron chi connectivity index (χ4n) is 3.68. The maximum atomic E-state index is 14.9. The minimum atomic E-state index is -0.719. The van der Waals surface area contributed by atoms with Crippen LogP contribution < -0.4 is 14.2 Å². The van der Waals surface area contributed by atoms with E-state index in [9.17, 15) is 9.18 Å². The van der Waals surface area contributed by atoms with Crippen molar-refractivity contribution in [2.45, 2.75) is 45.8 Å². The molecule has 0 aliphatic carbocycles. The number of halogens is 1. The van der Waals surface area contributed by atoms with Crippen LogP contribution in [0.3, 0.4) is 0 Å². The fraction of sp³-hybridized carbons (Fsp3) is 0.385. The maximum Gasteiger partial charge on any atom is 0.528 e. The van der Waals surface area contributed by atoms with Gasteiger partial charge in [-0.2, -0.15) is 0 Å². The smallest absolute Gasteiger partial charge is 0.495 e. The molecule has 3 aromatic rings. The second-order valence-corrected chi connectivity index (χ2v) is 8.69. The molecule has 0 saturated carbocycles. The van der Waals surface area contributed by atoms with Crippen LogP contribution >= 0.6 is 0 Å². The van der Waals surface area contributed by atoms with Crippen molar-refractivity contribution in [3.05, 3.63) is 54.2 Å². The topological polar surface area (TPSA) is 105 Å². The highest BCUT2D eigenvalue weighted by Gasteiger charge is 2.25. The maximum absolute atomic E-state index is 14.9. The number of carbonyl (C=O) groups excluding carboxylic acids is 1. The van der Waals surface area contributed by atoms with Crippen molar-refractivity contribution in [2.24, 2.45) is 0 Å². The molecule has 1 aliphatic rings. The van der Waals surface area contributed by atoms with Crippen molar-refractivity contribution in [1.82, 2.24) is 20.0 Å². The molecule has 1 fully saturated rings. The SMILES string of the molecule is COc1ccc(-c2ccc(Oc3ncnc(OC4CCN(OC(=O)OC(C)C)CC4)c3C)c(F)c2)nc1. The van der Waals surface area contributed by atoms with Crippen LogP contribution in [0, 0.1) is 12.7 Å².